The number of nitrogens with two attached hydrogens (primary N) is 1. The fourth-order valence-electron chi connectivity index (χ4n) is 3.17. The Morgan fingerprint density at radius 1 is 0.925 bits per heavy atom. The topological polar surface area (TPSA) is 417 Å². The van der Waals surface area contributed by atoms with Gasteiger partial charge < -0.3 is 74.2 Å². The average Bonchev–Trinajstić information content (AvgIpc) is 3.12. The molecule has 18 nitrogen and oxygen atoms in total. The average molecular weight is 602 g/mol. The number of aromatic nitrogens is 3. The Hall–Kier alpha value is -2.43. The summed E-state index contributed by atoms with van der Waals surface area (Å²) in [6, 6.07) is 5.03. The van der Waals surface area contributed by atoms with E-state index in [4.69, 9.17) is 5.73 Å². The molecule has 40 heavy (non-hydrogen) atoms. The number of rotatable bonds is 9. The second kappa shape index (κ2) is 24.4. The van der Waals surface area contributed by atoms with Gasteiger partial charge in [-0.3, -0.25) is 14.6 Å². The summed E-state index contributed by atoms with van der Waals surface area (Å²) in [7, 11) is 0. The number of carbonyl (C=O) groups excluding carboxylic acids is 3. The van der Waals surface area contributed by atoms with Crippen LogP contribution >= 0.6 is 0 Å². The van der Waals surface area contributed by atoms with Crippen molar-refractivity contribution in [2.45, 2.75) is 31.7 Å². The van der Waals surface area contributed by atoms with Gasteiger partial charge in [-0.05, 0) is 48.9 Å². The molecule has 0 saturated carbocycles. The monoisotopic (exact) mass is 602 g/mol. The van der Waals surface area contributed by atoms with Crippen LogP contribution in [-0.4, -0.2) is 77.2 Å². The number of hydrogen-bond donors (Lipinski definition) is 4. The number of anilines is 1. The fourth-order valence-corrected chi connectivity index (χ4v) is 3.17. The van der Waals surface area contributed by atoms with E-state index in [0.717, 1.165) is 11.1 Å². The molecule has 0 bridgehead atoms. The number of carbonyl (C=O) groups is 3. The van der Waals surface area contributed by atoms with Crippen molar-refractivity contribution in [1.29, 1.82) is 0 Å². The van der Waals surface area contributed by atoms with E-state index in [1.165, 1.54) is 12.1 Å². The Morgan fingerprint density at radius 2 is 1.48 bits per heavy atom. The standard InChI is InChI=1S/C20H21N5O6.2Na.7H2O/c21-20-24-16-15(18(29)25-20)12(9-22-16)6-3-10-1-4-11(5-2-10)17(28)23-13(19(30)31)7-8-14(26)27;;;;;;;;;/h1-2,4-5,9,13H,3,6-8H2,(H,23,28)(H,26,27)(H,30,31)(H4,21,22,24,25,29);;;7*1H2/q;2*+1;;;;;;;/p-2/t13-;;;;;;;;;/m0........./s1/i7+1,8+1,13+1,14+1,19+1;;;;;;;;;. The first kappa shape index (κ1) is 53.8. The Bertz CT molecular complexity index is 1210. The van der Waals surface area contributed by atoms with Crippen LogP contribution in [0, 0.1) is 0 Å². The summed E-state index contributed by atoms with van der Waals surface area (Å²) in [6.45, 7) is 0. The summed E-state index contributed by atoms with van der Waals surface area (Å²) in [6.07, 6.45) is 1.96. The van der Waals surface area contributed by atoms with E-state index >= 15 is 0 Å². The van der Waals surface area contributed by atoms with Crippen molar-refractivity contribution in [2.24, 2.45) is 0 Å². The van der Waals surface area contributed by atoms with Gasteiger partial charge in [0.15, 0.2) is 0 Å². The molecule has 3 aromatic rings. The van der Waals surface area contributed by atoms with Crippen molar-refractivity contribution >= 4 is 34.8 Å². The van der Waals surface area contributed by atoms with Gasteiger partial charge >= 0.3 is 59.1 Å². The second-order valence-electron chi connectivity index (χ2n) is 6.94. The van der Waals surface area contributed by atoms with Crippen LogP contribution in [0.1, 0.15) is 34.3 Å². The number of fused-ring (bicyclic) bond motifs is 1. The second-order valence-corrected chi connectivity index (χ2v) is 6.94. The smallest absolute Gasteiger partial charge is 0.550 e. The number of amides is 1. The van der Waals surface area contributed by atoms with Crippen molar-refractivity contribution in [1.82, 2.24) is 20.3 Å². The van der Waals surface area contributed by atoms with Gasteiger partial charge in [-0.2, -0.15) is 4.98 Å². The molecule has 1 amide bonds. The van der Waals surface area contributed by atoms with Crippen LogP contribution in [0.25, 0.3) is 11.0 Å². The number of aromatic amines is 2. The molecule has 1 aromatic carbocycles. The van der Waals surface area contributed by atoms with Crippen LogP contribution in [0.4, 0.5) is 5.95 Å². The van der Waals surface area contributed by atoms with Crippen molar-refractivity contribution in [3.63, 3.8) is 0 Å². The van der Waals surface area contributed by atoms with Gasteiger partial charge in [0.25, 0.3) is 11.5 Å². The number of aliphatic carboxylic acids is 2. The van der Waals surface area contributed by atoms with Crippen LogP contribution in [0.3, 0.4) is 0 Å². The van der Waals surface area contributed by atoms with E-state index in [-0.39, 0.29) is 121 Å². The zero-order chi connectivity index (χ0) is 22.5. The van der Waals surface area contributed by atoms with E-state index in [1.54, 1.807) is 18.3 Å². The molecule has 0 fully saturated rings. The molecular weight excluding hydrogens is 569 g/mol. The Balaban J connectivity index is -0.000000242. The predicted octanol–water partition coefficient (Wildman–Crippen LogP) is -13.8. The molecule has 2 aromatic heterocycles. The molecule has 0 unspecified atom stereocenters. The van der Waals surface area contributed by atoms with E-state index < -0.39 is 30.3 Å². The van der Waals surface area contributed by atoms with Gasteiger partial charge in [-0.1, -0.05) is 12.1 Å². The molecule has 3 rings (SSSR count). The molecule has 0 saturated heterocycles. The van der Waals surface area contributed by atoms with Gasteiger partial charge in [0, 0.05) is 17.7 Å². The molecule has 0 aliphatic rings. The van der Waals surface area contributed by atoms with Gasteiger partial charge in [0.05, 0.1) is 17.4 Å². The normalized spacial score (nSPS) is 9.20. The first-order chi connectivity index (χ1) is 14.7. The zero-order valence-corrected chi connectivity index (χ0v) is 25.8. The summed E-state index contributed by atoms with van der Waals surface area (Å²) in [5.74, 6) is -3.62. The third kappa shape index (κ3) is 14.3. The molecule has 19 N–H and O–H groups in total. The number of benzene rings is 1. The number of aryl methyl sites for hydroxylation is 2. The third-order valence-corrected chi connectivity index (χ3v) is 4.77. The number of H-pyrrole nitrogens is 2. The molecule has 1 atom stereocenters. The van der Waals surface area contributed by atoms with E-state index in [0.29, 0.717) is 23.9 Å². The summed E-state index contributed by atoms with van der Waals surface area (Å²) in [5.41, 5.74) is 7.49. The van der Waals surface area contributed by atoms with Crippen molar-refractivity contribution < 1.29 is 122 Å². The minimum Gasteiger partial charge on any atom is -0.550 e. The molecular formula is C20H33N5Na2O13. The molecule has 0 spiro atoms. The number of hydrogen-bond acceptors (Lipinski definition) is 8. The van der Waals surface area contributed by atoms with Crippen LogP contribution in [-0.2, 0) is 22.4 Å². The SMILES string of the molecule is Nc1nc2[nH]cc(CCc3ccc(C(=O)N[13C@@H]([13CH2][13CH2][13C](=O)[O-])[13C](=O)[O-])cc3)c2c(=O)[nH]1.O.O.O.O.O.O.O.[Na+].[Na+]. The van der Waals surface area contributed by atoms with Gasteiger partial charge in [-0.25, -0.2) is 0 Å². The maximum Gasteiger partial charge on any atom is 1.00 e. The summed E-state index contributed by atoms with van der Waals surface area (Å²) >= 11 is 0. The van der Waals surface area contributed by atoms with E-state index in [9.17, 15) is 29.4 Å². The molecule has 2 heterocycles. The Morgan fingerprint density at radius 3 is 1.98 bits per heavy atom. The minimum absolute atomic E-state index is 0. The van der Waals surface area contributed by atoms with Crippen molar-refractivity contribution in [3.8, 4) is 0 Å². The summed E-state index contributed by atoms with van der Waals surface area (Å²) in [4.78, 5) is 55.4. The molecule has 0 aliphatic carbocycles. The number of carboxylic acid groups (broad SMARTS) is 2. The van der Waals surface area contributed by atoms with Gasteiger partial charge in [0.2, 0.25) is 5.95 Å². The van der Waals surface area contributed by atoms with Gasteiger partial charge in [0.1, 0.15) is 5.65 Å². The number of nitrogens with one attached hydrogen (secondary N) is 3. The maximum absolute atomic E-state index is 12.2. The van der Waals surface area contributed by atoms with E-state index in [1.807, 2.05) is 0 Å². The quantitative estimate of drug-likeness (QED) is 0.134. The zero-order valence-electron chi connectivity index (χ0n) is 21.8. The molecule has 218 valence electrons. The molecule has 0 radical (unpaired) electrons. The van der Waals surface area contributed by atoms with Crippen LogP contribution in [0.5, 0.6) is 0 Å². The van der Waals surface area contributed by atoms with Crippen molar-refractivity contribution in [2.75, 3.05) is 5.73 Å². The largest absolute Gasteiger partial charge is 1.00 e. The first-order valence-corrected chi connectivity index (χ1v) is 9.41. The number of nitrogens with zero attached hydrogens (tertiary/aromatic N) is 1. The molecule has 0 aliphatic heterocycles. The van der Waals surface area contributed by atoms with E-state index in [2.05, 4.69) is 20.3 Å². The Labute approximate surface area is 270 Å². The van der Waals surface area contributed by atoms with Crippen LogP contribution < -0.4 is 85.9 Å². The summed E-state index contributed by atoms with van der Waals surface area (Å²) in [5, 5.41) is 24.3. The van der Waals surface area contributed by atoms with Gasteiger partial charge in [-0.15, -0.1) is 0 Å². The fraction of sp³-hybridized carbons (Fsp3) is 0.250. The third-order valence-electron chi connectivity index (χ3n) is 4.77. The summed E-state index contributed by atoms with van der Waals surface area (Å²) < 4.78 is 0. The van der Waals surface area contributed by atoms with Crippen LogP contribution in [0.15, 0.2) is 35.3 Å². The minimum atomic E-state index is -1.57. The number of nitrogen functional groups attached to an aromatic ring is 1. The van der Waals surface area contributed by atoms with Crippen molar-refractivity contribution in [3.05, 3.63) is 57.5 Å². The Kier molecular flexibility index (Phi) is 32.8. The van der Waals surface area contributed by atoms with Crippen LogP contribution in [0.2, 0.25) is 0 Å². The maximum atomic E-state index is 12.2. The number of carboxylic acids is 2. The first-order valence-electron chi connectivity index (χ1n) is 9.41. The molecule has 20 heteroatoms. The predicted molar refractivity (Wildman–Crippen MR) is 131 cm³/mol.